The van der Waals surface area contributed by atoms with E-state index >= 15 is 0 Å². The molecule has 0 atom stereocenters. The number of ether oxygens (including phenoxy) is 1. The standard InChI is InChI=1S/C10H19N3O2/c1-4-14-7-9-12-10(15-13-9)5-6-11-8(2)3/h8,11H,4-7H2,1-3H3. The van der Waals surface area contributed by atoms with E-state index in [9.17, 15) is 0 Å². The molecule has 0 saturated carbocycles. The van der Waals surface area contributed by atoms with E-state index in [-0.39, 0.29) is 0 Å². The minimum atomic E-state index is 0.428. The van der Waals surface area contributed by atoms with E-state index < -0.39 is 0 Å². The Kier molecular flexibility index (Phi) is 5.28. The molecule has 0 saturated heterocycles. The van der Waals surface area contributed by atoms with E-state index in [1.807, 2.05) is 6.92 Å². The van der Waals surface area contributed by atoms with Crippen molar-refractivity contribution >= 4 is 0 Å². The monoisotopic (exact) mass is 213 g/mol. The second-order valence-corrected chi connectivity index (χ2v) is 3.60. The van der Waals surface area contributed by atoms with Crippen molar-refractivity contribution in [3.05, 3.63) is 11.7 Å². The molecule has 0 radical (unpaired) electrons. The first kappa shape index (κ1) is 12.1. The summed E-state index contributed by atoms with van der Waals surface area (Å²) < 4.78 is 10.2. The van der Waals surface area contributed by atoms with Crippen LogP contribution in [0.15, 0.2) is 4.52 Å². The minimum Gasteiger partial charge on any atom is -0.374 e. The molecule has 5 nitrogen and oxygen atoms in total. The average molecular weight is 213 g/mol. The van der Waals surface area contributed by atoms with Gasteiger partial charge in [-0.05, 0) is 6.92 Å². The van der Waals surface area contributed by atoms with Crippen LogP contribution in [0.4, 0.5) is 0 Å². The fourth-order valence-corrected chi connectivity index (χ4v) is 1.11. The molecule has 0 aliphatic carbocycles. The second kappa shape index (κ2) is 6.53. The summed E-state index contributed by atoms with van der Waals surface area (Å²) in [5.41, 5.74) is 0. The van der Waals surface area contributed by atoms with Crippen LogP contribution in [-0.4, -0.2) is 29.3 Å². The maximum absolute atomic E-state index is 5.17. The van der Waals surface area contributed by atoms with Gasteiger partial charge in [-0.3, -0.25) is 0 Å². The van der Waals surface area contributed by atoms with Gasteiger partial charge in [0.05, 0.1) is 0 Å². The van der Waals surface area contributed by atoms with Gasteiger partial charge in [-0.1, -0.05) is 19.0 Å². The highest BCUT2D eigenvalue weighted by Gasteiger charge is 2.05. The molecule has 0 aliphatic rings. The van der Waals surface area contributed by atoms with Gasteiger partial charge in [0.25, 0.3) is 0 Å². The molecule has 0 bridgehead atoms. The SMILES string of the molecule is CCOCc1noc(CCNC(C)C)n1. The van der Waals surface area contributed by atoms with Gasteiger partial charge >= 0.3 is 0 Å². The lowest BCUT2D eigenvalue weighted by molar-refractivity contribution is 0.126. The summed E-state index contributed by atoms with van der Waals surface area (Å²) in [5, 5.41) is 7.10. The largest absolute Gasteiger partial charge is 0.374 e. The van der Waals surface area contributed by atoms with Crippen LogP contribution >= 0.6 is 0 Å². The van der Waals surface area contributed by atoms with Gasteiger partial charge in [-0.2, -0.15) is 4.98 Å². The smallest absolute Gasteiger partial charge is 0.228 e. The Hall–Kier alpha value is -0.940. The molecule has 1 N–H and O–H groups in total. The summed E-state index contributed by atoms with van der Waals surface area (Å²) in [4.78, 5) is 4.20. The van der Waals surface area contributed by atoms with Crippen molar-refractivity contribution in [2.75, 3.05) is 13.2 Å². The number of nitrogens with one attached hydrogen (secondary N) is 1. The fraction of sp³-hybridized carbons (Fsp3) is 0.800. The lowest BCUT2D eigenvalue weighted by atomic mass is 10.3. The Labute approximate surface area is 90.2 Å². The highest BCUT2D eigenvalue weighted by molar-refractivity contribution is 4.85. The molecule has 0 amide bonds. The Morgan fingerprint density at radius 2 is 2.27 bits per heavy atom. The van der Waals surface area contributed by atoms with Crippen molar-refractivity contribution in [1.82, 2.24) is 15.5 Å². The number of hydrogen-bond acceptors (Lipinski definition) is 5. The van der Waals surface area contributed by atoms with Crippen molar-refractivity contribution in [2.24, 2.45) is 0 Å². The highest BCUT2D eigenvalue weighted by atomic mass is 16.5. The Bertz CT molecular complexity index is 273. The lowest BCUT2D eigenvalue weighted by Gasteiger charge is -2.04. The van der Waals surface area contributed by atoms with E-state index in [2.05, 4.69) is 29.3 Å². The van der Waals surface area contributed by atoms with Crippen molar-refractivity contribution < 1.29 is 9.26 Å². The van der Waals surface area contributed by atoms with Gasteiger partial charge in [0, 0.05) is 25.6 Å². The summed E-state index contributed by atoms with van der Waals surface area (Å²) in [5.74, 6) is 1.29. The molecular weight excluding hydrogens is 194 g/mol. The molecule has 5 heteroatoms. The first-order valence-electron chi connectivity index (χ1n) is 5.35. The zero-order valence-corrected chi connectivity index (χ0v) is 9.62. The molecule has 1 heterocycles. The first-order chi connectivity index (χ1) is 7.22. The third kappa shape index (κ3) is 4.90. The summed E-state index contributed by atoms with van der Waals surface area (Å²) in [6.07, 6.45) is 0.761. The van der Waals surface area contributed by atoms with E-state index in [1.165, 1.54) is 0 Å². The molecule has 15 heavy (non-hydrogen) atoms. The average Bonchev–Trinajstić information content (AvgIpc) is 2.62. The number of rotatable bonds is 7. The maximum atomic E-state index is 5.17. The van der Waals surface area contributed by atoms with Gasteiger partial charge in [0.15, 0.2) is 5.82 Å². The van der Waals surface area contributed by atoms with Gasteiger partial charge < -0.3 is 14.6 Å². The van der Waals surface area contributed by atoms with E-state index in [0.717, 1.165) is 13.0 Å². The van der Waals surface area contributed by atoms with Crippen LogP contribution in [0.3, 0.4) is 0 Å². The molecular formula is C10H19N3O2. The Balaban J connectivity index is 2.26. The summed E-state index contributed by atoms with van der Waals surface area (Å²) in [7, 11) is 0. The molecule has 1 rings (SSSR count). The molecule has 0 aliphatic heterocycles. The zero-order valence-electron chi connectivity index (χ0n) is 9.62. The van der Waals surface area contributed by atoms with Crippen LogP contribution < -0.4 is 5.32 Å². The highest BCUT2D eigenvalue weighted by Crippen LogP contribution is 1.99. The number of hydrogen-bond donors (Lipinski definition) is 1. The molecule has 1 aromatic rings. The van der Waals surface area contributed by atoms with Crippen molar-refractivity contribution in [2.45, 2.75) is 39.8 Å². The number of nitrogens with zero attached hydrogens (tertiary/aromatic N) is 2. The van der Waals surface area contributed by atoms with Gasteiger partial charge in [-0.15, -0.1) is 0 Å². The van der Waals surface area contributed by atoms with E-state index in [0.29, 0.717) is 31.0 Å². The van der Waals surface area contributed by atoms with E-state index in [4.69, 9.17) is 9.26 Å². The third-order valence-corrected chi connectivity index (χ3v) is 1.84. The zero-order chi connectivity index (χ0) is 11.1. The van der Waals surface area contributed by atoms with Crippen LogP contribution in [0.1, 0.15) is 32.5 Å². The summed E-state index contributed by atoms with van der Waals surface area (Å²) in [6.45, 7) is 8.10. The first-order valence-corrected chi connectivity index (χ1v) is 5.35. The van der Waals surface area contributed by atoms with Gasteiger partial charge in [0.2, 0.25) is 5.89 Å². The van der Waals surface area contributed by atoms with Crippen molar-refractivity contribution in [3.8, 4) is 0 Å². The lowest BCUT2D eigenvalue weighted by Crippen LogP contribution is -2.25. The molecule has 86 valence electrons. The topological polar surface area (TPSA) is 60.2 Å². The van der Waals surface area contributed by atoms with Gasteiger partial charge in [-0.25, -0.2) is 0 Å². The quantitative estimate of drug-likeness (QED) is 0.736. The van der Waals surface area contributed by atoms with Crippen molar-refractivity contribution in [3.63, 3.8) is 0 Å². The normalized spacial score (nSPS) is 11.2. The molecule has 1 aromatic heterocycles. The Morgan fingerprint density at radius 3 is 2.93 bits per heavy atom. The van der Waals surface area contributed by atoms with Crippen LogP contribution in [0.5, 0.6) is 0 Å². The minimum absolute atomic E-state index is 0.428. The van der Waals surface area contributed by atoms with Crippen LogP contribution in [-0.2, 0) is 17.8 Å². The maximum Gasteiger partial charge on any atom is 0.228 e. The van der Waals surface area contributed by atoms with Crippen LogP contribution in [0, 0.1) is 0 Å². The predicted octanol–water partition coefficient (Wildman–Crippen LogP) is 1.15. The number of aromatic nitrogens is 2. The summed E-state index contributed by atoms with van der Waals surface area (Å²) in [6, 6.07) is 0.482. The molecule has 0 unspecified atom stereocenters. The van der Waals surface area contributed by atoms with E-state index in [1.54, 1.807) is 0 Å². The molecule has 0 aromatic carbocycles. The van der Waals surface area contributed by atoms with Crippen molar-refractivity contribution in [1.29, 1.82) is 0 Å². The predicted molar refractivity (Wildman–Crippen MR) is 56.5 cm³/mol. The molecule has 0 fully saturated rings. The summed E-state index contributed by atoms with van der Waals surface area (Å²) >= 11 is 0. The Morgan fingerprint density at radius 1 is 1.47 bits per heavy atom. The van der Waals surface area contributed by atoms with Crippen LogP contribution in [0.2, 0.25) is 0 Å². The fourth-order valence-electron chi connectivity index (χ4n) is 1.11. The molecule has 0 spiro atoms. The third-order valence-electron chi connectivity index (χ3n) is 1.84. The van der Waals surface area contributed by atoms with Crippen LogP contribution in [0.25, 0.3) is 0 Å². The second-order valence-electron chi connectivity index (χ2n) is 3.60. The van der Waals surface area contributed by atoms with Gasteiger partial charge in [0.1, 0.15) is 6.61 Å².